The molecule has 0 saturated carbocycles. The molecule has 1 unspecified atom stereocenters. The van der Waals surface area contributed by atoms with Crippen molar-refractivity contribution in [3.63, 3.8) is 0 Å². The van der Waals surface area contributed by atoms with E-state index in [1.165, 1.54) is 11.8 Å². The number of anilines is 1. The molecule has 0 radical (unpaired) electrons. The van der Waals surface area contributed by atoms with Gasteiger partial charge in [-0.1, -0.05) is 29.4 Å². The van der Waals surface area contributed by atoms with Crippen LogP contribution in [0.3, 0.4) is 0 Å². The molecule has 3 atom stereocenters. The molecule has 2 saturated heterocycles. The molecule has 4 heterocycles. The van der Waals surface area contributed by atoms with Crippen LogP contribution in [0.5, 0.6) is 0 Å². The van der Waals surface area contributed by atoms with E-state index in [4.69, 9.17) is 32.1 Å². The van der Waals surface area contributed by atoms with Crippen LogP contribution in [-0.2, 0) is 9.47 Å². The number of rotatable bonds is 4. The maximum absolute atomic E-state index is 9.04. The van der Waals surface area contributed by atoms with Crippen molar-refractivity contribution in [2.24, 2.45) is 16.1 Å². The molecule has 172 valence electrons. The van der Waals surface area contributed by atoms with E-state index in [2.05, 4.69) is 32.9 Å². The van der Waals surface area contributed by atoms with Crippen LogP contribution in [0.2, 0.25) is 5.02 Å². The van der Waals surface area contributed by atoms with Crippen molar-refractivity contribution >= 4 is 35.1 Å². The predicted molar refractivity (Wildman–Crippen MR) is 127 cm³/mol. The van der Waals surface area contributed by atoms with Crippen molar-refractivity contribution in [2.45, 2.75) is 47.9 Å². The van der Waals surface area contributed by atoms with Gasteiger partial charge in [-0.3, -0.25) is 0 Å². The second-order valence-electron chi connectivity index (χ2n) is 8.71. The Hall–Kier alpha value is -2.38. The molecule has 1 spiro atoms. The number of hydrogen-bond donors (Lipinski definition) is 1. The van der Waals surface area contributed by atoms with Gasteiger partial charge in [-0.05, 0) is 31.9 Å². The van der Waals surface area contributed by atoms with E-state index in [0.29, 0.717) is 16.5 Å². The smallest absolute Gasteiger partial charge is 0.219 e. The summed E-state index contributed by atoms with van der Waals surface area (Å²) in [6, 6.07) is 7.34. The van der Waals surface area contributed by atoms with Crippen molar-refractivity contribution in [3.8, 4) is 6.07 Å². The van der Waals surface area contributed by atoms with Gasteiger partial charge in [0.05, 0.1) is 41.8 Å². The van der Waals surface area contributed by atoms with Gasteiger partial charge >= 0.3 is 0 Å². The standard InChI is InChI=1S/C23H25ClN6O2S/c1-14-21(26)23(13-32-14)5-7-30(8-6-23)18-10-28-19(11-27-18)33-17-4-2-3-16(20(17)24)22-29-15(9-25)12-31-22/h2-4,10-11,14-15,21H,5-8,12-13,26H2,1H3/t14-,15?,21+/m0/s1. The van der Waals surface area contributed by atoms with E-state index in [1.807, 2.05) is 24.4 Å². The molecule has 1 aromatic heterocycles. The summed E-state index contributed by atoms with van der Waals surface area (Å²) >= 11 is 8.05. The van der Waals surface area contributed by atoms with Gasteiger partial charge in [-0.15, -0.1) is 0 Å². The fourth-order valence-corrected chi connectivity index (χ4v) is 5.74. The van der Waals surface area contributed by atoms with E-state index in [9.17, 15) is 0 Å². The van der Waals surface area contributed by atoms with Gasteiger partial charge < -0.3 is 20.1 Å². The normalized spacial score (nSPS) is 26.2. The van der Waals surface area contributed by atoms with E-state index >= 15 is 0 Å². The number of hydrogen-bond acceptors (Lipinski definition) is 9. The van der Waals surface area contributed by atoms with Gasteiger partial charge in [0, 0.05) is 29.4 Å². The van der Waals surface area contributed by atoms with Crippen molar-refractivity contribution in [1.29, 1.82) is 5.26 Å². The largest absolute Gasteiger partial charge is 0.474 e. The number of aliphatic imine (C=N–C) groups is 1. The van der Waals surface area contributed by atoms with E-state index < -0.39 is 6.04 Å². The topological polar surface area (TPSA) is 110 Å². The summed E-state index contributed by atoms with van der Waals surface area (Å²) in [6.07, 6.45) is 5.70. The molecule has 0 bridgehead atoms. The first-order chi connectivity index (χ1) is 16.0. The van der Waals surface area contributed by atoms with Crippen LogP contribution in [0, 0.1) is 16.7 Å². The molecule has 2 N–H and O–H groups in total. The summed E-state index contributed by atoms with van der Waals surface area (Å²) in [6.45, 7) is 4.85. The lowest BCUT2D eigenvalue weighted by molar-refractivity contribution is 0.0974. The monoisotopic (exact) mass is 484 g/mol. The second-order valence-corrected chi connectivity index (χ2v) is 10.2. The minimum absolute atomic E-state index is 0.0848. The summed E-state index contributed by atoms with van der Waals surface area (Å²) in [5.41, 5.74) is 7.19. The quantitative estimate of drug-likeness (QED) is 0.704. The summed E-state index contributed by atoms with van der Waals surface area (Å²) in [5, 5.41) is 10.3. The van der Waals surface area contributed by atoms with Gasteiger partial charge in [0.15, 0.2) is 6.04 Å². The molecular formula is C23H25ClN6O2S. The maximum atomic E-state index is 9.04. The maximum Gasteiger partial charge on any atom is 0.219 e. The SMILES string of the molecule is C[C@@H]1OCC2(CCN(c3cnc(Sc4cccc(C5=NC(C#N)CO5)c4Cl)cn3)CC2)[C@@H]1N. The van der Waals surface area contributed by atoms with E-state index in [-0.39, 0.29) is 24.2 Å². The zero-order valence-corrected chi connectivity index (χ0v) is 19.8. The Morgan fingerprint density at radius 1 is 1.27 bits per heavy atom. The Kier molecular flexibility index (Phi) is 6.18. The van der Waals surface area contributed by atoms with Crippen LogP contribution in [-0.4, -0.2) is 60.4 Å². The number of benzene rings is 1. The van der Waals surface area contributed by atoms with Crippen molar-refractivity contribution in [2.75, 3.05) is 31.2 Å². The van der Waals surface area contributed by atoms with Crippen LogP contribution < -0.4 is 10.6 Å². The third kappa shape index (κ3) is 4.28. The molecule has 33 heavy (non-hydrogen) atoms. The third-order valence-electron chi connectivity index (χ3n) is 6.75. The van der Waals surface area contributed by atoms with Gasteiger partial charge in [0.25, 0.3) is 0 Å². The fraction of sp³-hybridized carbons (Fsp3) is 0.478. The van der Waals surface area contributed by atoms with Gasteiger partial charge in [0.2, 0.25) is 5.90 Å². The molecule has 2 aromatic rings. The van der Waals surface area contributed by atoms with Crippen molar-refractivity contribution < 1.29 is 9.47 Å². The Balaban J connectivity index is 1.25. The molecule has 3 aliphatic rings. The van der Waals surface area contributed by atoms with Crippen molar-refractivity contribution in [1.82, 2.24) is 9.97 Å². The number of aromatic nitrogens is 2. The molecule has 8 nitrogen and oxygen atoms in total. The molecule has 3 aliphatic heterocycles. The predicted octanol–water partition coefficient (Wildman–Crippen LogP) is 3.28. The number of halogens is 1. The highest BCUT2D eigenvalue weighted by molar-refractivity contribution is 7.99. The Morgan fingerprint density at radius 2 is 2.09 bits per heavy atom. The number of ether oxygens (including phenoxy) is 2. The fourth-order valence-electron chi connectivity index (χ4n) is 4.63. The van der Waals surface area contributed by atoms with Crippen LogP contribution in [0.1, 0.15) is 25.3 Å². The van der Waals surface area contributed by atoms with Crippen LogP contribution in [0.15, 0.2) is 45.5 Å². The van der Waals surface area contributed by atoms with Gasteiger partial charge in [-0.2, -0.15) is 5.26 Å². The Labute approximate surface area is 202 Å². The summed E-state index contributed by atoms with van der Waals surface area (Å²) < 4.78 is 11.4. The lowest BCUT2D eigenvalue weighted by Gasteiger charge is -2.41. The Morgan fingerprint density at radius 3 is 2.73 bits per heavy atom. The zero-order valence-electron chi connectivity index (χ0n) is 18.3. The molecular weight excluding hydrogens is 460 g/mol. The molecule has 5 rings (SSSR count). The first-order valence-corrected chi connectivity index (χ1v) is 12.2. The highest BCUT2D eigenvalue weighted by Gasteiger charge is 2.47. The van der Waals surface area contributed by atoms with Crippen LogP contribution in [0.4, 0.5) is 5.82 Å². The highest BCUT2D eigenvalue weighted by Crippen LogP contribution is 2.42. The zero-order chi connectivity index (χ0) is 23.0. The molecule has 2 fully saturated rings. The lowest BCUT2D eigenvalue weighted by Crippen LogP contribution is -2.50. The van der Waals surface area contributed by atoms with Crippen LogP contribution in [0.25, 0.3) is 0 Å². The summed E-state index contributed by atoms with van der Waals surface area (Å²) in [5.74, 6) is 1.27. The second kappa shape index (κ2) is 9.11. The van der Waals surface area contributed by atoms with Gasteiger partial charge in [0.1, 0.15) is 17.5 Å². The first kappa shape index (κ1) is 22.4. The first-order valence-electron chi connectivity index (χ1n) is 11.0. The molecule has 1 aromatic carbocycles. The summed E-state index contributed by atoms with van der Waals surface area (Å²) in [7, 11) is 0. The number of nitrogens with zero attached hydrogens (tertiary/aromatic N) is 5. The van der Waals surface area contributed by atoms with E-state index in [1.54, 1.807) is 6.20 Å². The van der Waals surface area contributed by atoms with Crippen molar-refractivity contribution in [3.05, 3.63) is 41.2 Å². The minimum Gasteiger partial charge on any atom is -0.474 e. The number of nitriles is 1. The average molecular weight is 485 g/mol. The number of piperidine rings is 1. The van der Waals surface area contributed by atoms with Crippen LogP contribution >= 0.6 is 23.4 Å². The molecule has 0 aliphatic carbocycles. The number of nitrogens with two attached hydrogens (primary N) is 1. The third-order valence-corrected chi connectivity index (χ3v) is 8.25. The average Bonchev–Trinajstić information content (AvgIpc) is 3.43. The minimum atomic E-state index is -0.490. The highest BCUT2D eigenvalue weighted by atomic mass is 35.5. The molecule has 0 amide bonds. The van der Waals surface area contributed by atoms with E-state index in [0.717, 1.165) is 48.3 Å². The Bertz CT molecular complexity index is 1100. The van der Waals surface area contributed by atoms with Gasteiger partial charge in [-0.25, -0.2) is 15.0 Å². The molecule has 10 heteroatoms. The summed E-state index contributed by atoms with van der Waals surface area (Å²) in [4.78, 5) is 16.6. The lowest BCUT2D eigenvalue weighted by atomic mass is 9.73.